The lowest BCUT2D eigenvalue weighted by Crippen LogP contribution is -2.50. The number of nitrogens with one attached hydrogen (secondary N) is 1. The van der Waals surface area contributed by atoms with Gasteiger partial charge in [0.25, 0.3) is 5.91 Å². The number of amidine groups is 1. The first-order chi connectivity index (χ1) is 20.3. The van der Waals surface area contributed by atoms with E-state index in [2.05, 4.69) is 15.0 Å². The molecule has 1 N–H and O–H groups in total. The second-order valence-corrected chi connectivity index (χ2v) is 13.5. The number of piperidine rings is 1. The Kier molecular flexibility index (Phi) is 8.59. The van der Waals surface area contributed by atoms with E-state index in [9.17, 15) is 31.2 Å². The van der Waals surface area contributed by atoms with Crippen LogP contribution in [-0.2, 0) is 26.0 Å². The van der Waals surface area contributed by atoms with E-state index in [0.717, 1.165) is 54.6 Å². The van der Waals surface area contributed by atoms with Crippen LogP contribution in [0.4, 0.5) is 18.9 Å². The molecule has 13 heteroatoms. The minimum atomic E-state index is -4.85. The normalized spacial score (nSPS) is 19.4. The first-order valence-corrected chi connectivity index (χ1v) is 16.0. The van der Waals surface area contributed by atoms with E-state index in [-0.39, 0.29) is 55.0 Å². The Morgan fingerprint density at radius 3 is 2.47 bits per heavy atom. The highest BCUT2D eigenvalue weighted by atomic mass is 32.2. The molecule has 0 bridgehead atoms. The summed E-state index contributed by atoms with van der Waals surface area (Å²) in [5, 5.41) is 2.65. The number of hydrogen-bond donors (Lipinski definition) is 1. The number of hydrogen-bond acceptors (Lipinski definition) is 6. The van der Waals surface area contributed by atoms with Gasteiger partial charge < -0.3 is 15.0 Å². The van der Waals surface area contributed by atoms with Crippen LogP contribution in [0.5, 0.6) is 5.75 Å². The molecule has 3 aliphatic rings. The van der Waals surface area contributed by atoms with Crippen LogP contribution in [0.2, 0.25) is 0 Å². The monoisotopic (exact) mass is 620 g/mol. The van der Waals surface area contributed by atoms with Gasteiger partial charge in [-0.15, -0.1) is 13.2 Å². The molecular weight excluding hydrogens is 585 g/mol. The maximum absolute atomic E-state index is 13.3. The van der Waals surface area contributed by atoms with Crippen molar-refractivity contribution in [1.82, 2.24) is 9.62 Å². The summed E-state index contributed by atoms with van der Waals surface area (Å²) in [4.78, 5) is 31.7. The fourth-order valence-corrected chi connectivity index (χ4v) is 7.73. The average Bonchev–Trinajstić information content (AvgIpc) is 3.56. The quantitative estimate of drug-likeness (QED) is 0.469. The number of carbonyl (C=O) groups excluding carboxylic acids is 2. The van der Waals surface area contributed by atoms with E-state index in [1.165, 1.54) is 16.4 Å². The third kappa shape index (κ3) is 6.87. The maximum Gasteiger partial charge on any atom is 0.573 e. The Morgan fingerprint density at radius 1 is 1.14 bits per heavy atom. The summed E-state index contributed by atoms with van der Waals surface area (Å²) in [5.41, 5.74) is 1.72. The van der Waals surface area contributed by atoms with Gasteiger partial charge in [0, 0.05) is 37.3 Å². The number of amides is 2. The number of anilines is 1. The number of ether oxygens (including phenoxy) is 1. The lowest BCUT2D eigenvalue weighted by Gasteiger charge is -2.34. The Hall–Kier alpha value is -3.45. The largest absolute Gasteiger partial charge is 0.573 e. The zero-order valence-electron chi connectivity index (χ0n) is 24.1. The summed E-state index contributed by atoms with van der Waals surface area (Å²) in [5.74, 6) is -0.815. The second-order valence-electron chi connectivity index (χ2n) is 11.4. The van der Waals surface area contributed by atoms with Crippen LogP contribution in [0.1, 0.15) is 62.1 Å². The second kappa shape index (κ2) is 11.9. The summed E-state index contributed by atoms with van der Waals surface area (Å²) in [6.45, 7) is 3.68. The van der Waals surface area contributed by atoms with Gasteiger partial charge in [-0.25, -0.2) is 12.7 Å². The molecule has 1 saturated heterocycles. The molecule has 2 aliphatic heterocycles. The lowest BCUT2D eigenvalue weighted by atomic mass is 9.89. The number of sulfonamides is 1. The molecule has 2 fully saturated rings. The smallest absolute Gasteiger partial charge is 0.406 e. The number of aliphatic imine (C=N–C) groups is 1. The Labute approximate surface area is 249 Å². The number of halogens is 3. The fraction of sp³-hybridized carbons (Fsp3) is 0.500. The molecule has 5 rings (SSSR count). The van der Waals surface area contributed by atoms with Gasteiger partial charge in [-0.05, 0) is 74.4 Å². The van der Waals surface area contributed by atoms with Gasteiger partial charge in [0.1, 0.15) is 17.1 Å². The maximum atomic E-state index is 13.3. The highest BCUT2D eigenvalue weighted by Gasteiger charge is 2.47. The third-order valence-corrected chi connectivity index (χ3v) is 10.4. The molecule has 232 valence electrons. The Bertz CT molecular complexity index is 1530. The SMILES string of the molecule is CC(=O)N(c1ccc(CCS(=O)(=O)N2CCC3(CC2)N=C(c2cccc(OC(F)(F)F)c2)NC3=O)c(C)c1)C1CCCC1. The van der Waals surface area contributed by atoms with Gasteiger partial charge in [0.15, 0.2) is 0 Å². The van der Waals surface area contributed by atoms with Crippen LogP contribution in [-0.4, -0.2) is 67.2 Å². The van der Waals surface area contributed by atoms with Gasteiger partial charge in [-0.2, -0.15) is 0 Å². The summed E-state index contributed by atoms with van der Waals surface area (Å²) in [7, 11) is -3.64. The van der Waals surface area contributed by atoms with Crippen LogP contribution in [0.15, 0.2) is 47.5 Å². The zero-order chi connectivity index (χ0) is 31.0. The minimum absolute atomic E-state index is 0.000821. The van der Waals surface area contributed by atoms with E-state index < -0.39 is 33.6 Å². The van der Waals surface area contributed by atoms with Crippen molar-refractivity contribution in [3.63, 3.8) is 0 Å². The topological polar surface area (TPSA) is 108 Å². The standard InChI is InChI=1S/C30H35F3N4O5S/c1-20-18-25(37(21(2)38)24-7-3-4-8-24)11-10-22(20)12-17-43(40,41)36-15-13-29(14-16-36)28(39)34-27(35-29)23-6-5-9-26(19-23)42-30(31,32)33/h5-6,9-11,18-19,24H,3-4,7-8,12-17H2,1-2H3,(H,34,35,39). The molecule has 2 aromatic carbocycles. The number of aryl methyl sites for hydroxylation is 2. The molecule has 1 spiro atoms. The number of carbonyl (C=O) groups is 2. The third-order valence-electron chi connectivity index (χ3n) is 8.53. The van der Waals surface area contributed by atoms with E-state index >= 15 is 0 Å². The number of rotatable bonds is 8. The summed E-state index contributed by atoms with van der Waals surface area (Å²) in [6.07, 6.45) is -0.0818. The molecule has 1 aliphatic carbocycles. The van der Waals surface area contributed by atoms with Crippen LogP contribution in [0.25, 0.3) is 0 Å². The van der Waals surface area contributed by atoms with E-state index in [0.29, 0.717) is 6.42 Å². The molecule has 0 radical (unpaired) electrons. The van der Waals surface area contributed by atoms with E-state index in [1.807, 2.05) is 30.0 Å². The molecule has 0 aromatic heterocycles. The number of alkyl halides is 3. The number of nitrogens with zero attached hydrogens (tertiary/aromatic N) is 3. The van der Waals surface area contributed by atoms with Crippen LogP contribution < -0.4 is 15.0 Å². The predicted molar refractivity (Wildman–Crippen MR) is 155 cm³/mol. The van der Waals surface area contributed by atoms with Crippen molar-refractivity contribution >= 4 is 33.4 Å². The van der Waals surface area contributed by atoms with Crippen molar-refractivity contribution < 1.29 is 35.9 Å². The molecule has 2 heterocycles. The first kappa shape index (κ1) is 31.0. The van der Waals surface area contributed by atoms with Crippen molar-refractivity contribution in [2.24, 2.45) is 4.99 Å². The zero-order valence-corrected chi connectivity index (χ0v) is 24.9. The molecule has 2 aromatic rings. The first-order valence-electron chi connectivity index (χ1n) is 14.4. The van der Waals surface area contributed by atoms with Crippen LogP contribution in [0.3, 0.4) is 0 Å². The van der Waals surface area contributed by atoms with Crippen molar-refractivity contribution in [3.05, 3.63) is 59.2 Å². The van der Waals surface area contributed by atoms with E-state index in [4.69, 9.17) is 0 Å². The van der Waals surface area contributed by atoms with Crippen LogP contribution in [0, 0.1) is 6.92 Å². The van der Waals surface area contributed by atoms with Gasteiger partial charge in [0.05, 0.1) is 5.75 Å². The van der Waals surface area contributed by atoms with Crippen molar-refractivity contribution in [1.29, 1.82) is 0 Å². The van der Waals surface area contributed by atoms with Gasteiger partial charge >= 0.3 is 6.36 Å². The van der Waals surface area contributed by atoms with Crippen molar-refractivity contribution in [2.75, 3.05) is 23.7 Å². The number of benzene rings is 2. The van der Waals surface area contributed by atoms with Gasteiger partial charge in [-0.1, -0.05) is 31.0 Å². The Balaban J connectivity index is 1.21. The molecule has 0 atom stereocenters. The minimum Gasteiger partial charge on any atom is -0.406 e. The average molecular weight is 621 g/mol. The lowest BCUT2D eigenvalue weighted by molar-refractivity contribution is -0.274. The fourth-order valence-electron chi connectivity index (χ4n) is 6.26. The van der Waals surface area contributed by atoms with Crippen molar-refractivity contribution in [2.45, 2.75) is 76.7 Å². The summed E-state index contributed by atoms with van der Waals surface area (Å²) >= 11 is 0. The van der Waals surface area contributed by atoms with Crippen LogP contribution >= 0.6 is 0 Å². The molecular formula is C30H35F3N4O5S. The highest BCUT2D eigenvalue weighted by Crippen LogP contribution is 2.34. The van der Waals surface area contributed by atoms with Gasteiger partial charge in [-0.3, -0.25) is 14.6 Å². The molecule has 0 unspecified atom stereocenters. The predicted octanol–water partition coefficient (Wildman–Crippen LogP) is 4.47. The molecule has 43 heavy (non-hydrogen) atoms. The molecule has 1 saturated carbocycles. The molecule has 2 amide bonds. The molecule has 9 nitrogen and oxygen atoms in total. The summed E-state index contributed by atoms with van der Waals surface area (Å²) < 4.78 is 69.8. The highest BCUT2D eigenvalue weighted by molar-refractivity contribution is 7.89. The van der Waals surface area contributed by atoms with Gasteiger partial charge in [0.2, 0.25) is 15.9 Å². The van der Waals surface area contributed by atoms with E-state index in [1.54, 1.807) is 6.92 Å². The Morgan fingerprint density at radius 2 is 1.84 bits per heavy atom. The van der Waals surface area contributed by atoms with Crippen molar-refractivity contribution in [3.8, 4) is 5.75 Å². The summed E-state index contributed by atoms with van der Waals surface area (Å²) in [6, 6.07) is 11.1.